The molecular weight excluding hydrogens is 306 g/mol. The number of rotatable bonds is 5. The minimum absolute atomic E-state index is 0.0724. The molecule has 0 fully saturated rings. The molecule has 0 aliphatic heterocycles. The minimum Gasteiger partial charge on any atom is -0.489 e. The Morgan fingerprint density at radius 2 is 2.09 bits per heavy atom. The molecule has 0 N–H and O–H groups in total. The van der Waals surface area contributed by atoms with Gasteiger partial charge in [0.2, 0.25) is 0 Å². The Bertz CT molecular complexity index is 854. The van der Waals surface area contributed by atoms with Crippen LogP contribution in [0.4, 0.5) is 0 Å². The van der Waals surface area contributed by atoms with Crippen LogP contribution in [0.1, 0.15) is 35.4 Å². The van der Waals surface area contributed by atoms with E-state index in [-0.39, 0.29) is 5.92 Å². The summed E-state index contributed by atoms with van der Waals surface area (Å²) in [4.78, 5) is 15.5. The van der Waals surface area contributed by atoms with Crippen LogP contribution in [0, 0.1) is 13.8 Å². The lowest BCUT2D eigenvalue weighted by molar-refractivity contribution is -0.108. The smallest absolute Gasteiger partial charge is 0.127 e. The number of fused-ring (bicyclic) bond motifs is 1. The summed E-state index contributed by atoms with van der Waals surface area (Å²) >= 11 is 1.65. The topological polar surface area (TPSA) is 39.2 Å². The maximum absolute atomic E-state index is 11.0. The van der Waals surface area contributed by atoms with Gasteiger partial charge in [-0.2, -0.15) is 0 Å². The second-order valence-electron chi connectivity index (χ2n) is 5.76. The molecule has 0 aliphatic carbocycles. The summed E-state index contributed by atoms with van der Waals surface area (Å²) in [6.07, 6.45) is 0.985. The molecular formula is C19H19NO2S. The van der Waals surface area contributed by atoms with Gasteiger partial charge in [-0.25, -0.2) is 0 Å². The third kappa shape index (κ3) is 3.27. The first kappa shape index (κ1) is 15.7. The monoisotopic (exact) mass is 325 g/mol. The lowest BCUT2D eigenvalue weighted by atomic mass is 10.0. The van der Waals surface area contributed by atoms with Crippen molar-refractivity contribution >= 4 is 27.7 Å². The summed E-state index contributed by atoms with van der Waals surface area (Å²) < 4.78 is 7.06. The van der Waals surface area contributed by atoms with E-state index in [0.29, 0.717) is 6.61 Å². The number of pyridine rings is 1. The summed E-state index contributed by atoms with van der Waals surface area (Å²) in [6, 6.07) is 10.1. The van der Waals surface area contributed by atoms with Gasteiger partial charge in [0.1, 0.15) is 18.6 Å². The van der Waals surface area contributed by atoms with E-state index in [2.05, 4.69) is 16.4 Å². The van der Waals surface area contributed by atoms with Crippen LogP contribution in [-0.4, -0.2) is 11.3 Å². The Morgan fingerprint density at radius 3 is 2.83 bits per heavy atom. The van der Waals surface area contributed by atoms with E-state index in [1.165, 1.54) is 0 Å². The molecule has 1 unspecified atom stereocenters. The van der Waals surface area contributed by atoms with Gasteiger partial charge in [0.25, 0.3) is 0 Å². The summed E-state index contributed by atoms with van der Waals surface area (Å²) in [5, 5.41) is 3.19. The van der Waals surface area contributed by atoms with Gasteiger partial charge in [-0.1, -0.05) is 13.0 Å². The molecule has 1 aromatic carbocycles. The van der Waals surface area contributed by atoms with Crippen LogP contribution in [-0.2, 0) is 11.4 Å². The fourth-order valence-corrected chi connectivity index (χ4v) is 3.67. The summed E-state index contributed by atoms with van der Waals surface area (Å²) in [7, 11) is 0. The van der Waals surface area contributed by atoms with Gasteiger partial charge in [0, 0.05) is 27.6 Å². The number of carbonyl (C=O) groups excluding carboxylic acids is 1. The Labute approximate surface area is 139 Å². The van der Waals surface area contributed by atoms with Crippen LogP contribution in [0.2, 0.25) is 0 Å². The maximum Gasteiger partial charge on any atom is 0.127 e. The molecule has 3 aromatic rings. The number of aryl methyl sites for hydroxylation is 2. The molecule has 4 heteroatoms. The lowest BCUT2D eigenvalue weighted by Gasteiger charge is -2.09. The zero-order valence-electron chi connectivity index (χ0n) is 13.5. The standard InChI is InChI=1S/C19H19NO2S/c1-12(9-21)18-11-23-19-8-16(6-7-17(18)19)22-10-15-5-4-13(2)20-14(15)3/h4-9,11-12H,10H2,1-3H3. The van der Waals surface area contributed by atoms with Gasteiger partial charge in [-0.15, -0.1) is 11.3 Å². The number of aromatic nitrogens is 1. The van der Waals surface area contributed by atoms with Crippen LogP contribution in [0.5, 0.6) is 5.75 Å². The zero-order chi connectivity index (χ0) is 16.4. The number of benzene rings is 1. The average molecular weight is 325 g/mol. The molecule has 0 spiro atoms. The second-order valence-corrected chi connectivity index (χ2v) is 6.67. The molecule has 2 aromatic heterocycles. The van der Waals surface area contributed by atoms with Crippen LogP contribution in [0.15, 0.2) is 35.7 Å². The van der Waals surface area contributed by atoms with E-state index < -0.39 is 0 Å². The minimum atomic E-state index is -0.0724. The first-order valence-corrected chi connectivity index (χ1v) is 8.49. The van der Waals surface area contributed by atoms with Gasteiger partial charge in [-0.3, -0.25) is 4.98 Å². The Hall–Kier alpha value is -2.20. The highest BCUT2D eigenvalue weighted by molar-refractivity contribution is 7.17. The molecule has 0 amide bonds. The fraction of sp³-hybridized carbons (Fsp3) is 0.263. The largest absolute Gasteiger partial charge is 0.489 e. The van der Waals surface area contributed by atoms with Crippen molar-refractivity contribution in [3.8, 4) is 5.75 Å². The molecule has 3 nitrogen and oxygen atoms in total. The molecule has 0 radical (unpaired) electrons. The van der Waals surface area contributed by atoms with Gasteiger partial charge >= 0.3 is 0 Å². The van der Waals surface area contributed by atoms with Crippen molar-refractivity contribution in [2.75, 3.05) is 0 Å². The van der Waals surface area contributed by atoms with Crippen LogP contribution in [0.3, 0.4) is 0 Å². The van der Waals surface area contributed by atoms with E-state index >= 15 is 0 Å². The molecule has 0 saturated carbocycles. The highest BCUT2D eigenvalue weighted by Gasteiger charge is 2.11. The molecule has 118 valence electrons. The quantitative estimate of drug-likeness (QED) is 0.633. The van der Waals surface area contributed by atoms with Crippen molar-refractivity contribution < 1.29 is 9.53 Å². The SMILES string of the molecule is Cc1ccc(COc2ccc3c(C(C)C=O)csc3c2)c(C)n1. The highest BCUT2D eigenvalue weighted by atomic mass is 32.1. The Balaban J connectivity index is 1.80. The molecule has 0 aliphatic rings. The first-order valence-electron chi connectivity index (χ1n) is 7.61. The van der Waals surface area contributed by atoms with Crippen LogP contribution in [0.25, 0.3) is 10.1 Å². The average Bonchev–Trinajstić information content (AvgIpc) is 2.96. The third-order valence-electron chi connectivity index (χ3n) is 4.00. The second kappa shape index (κ2) is 6.50. The number of nitrogens with zero attached hydrogens (tertiary/aromatic N) is 1. The first-order chi connectivity index (χ1) is 11.1. The van der Waals surface area contributed by atoms with E-state index in [1.807, 2.05) is 45.0 Å². The van der Waals surface area contributed by atoms with Gasteiger partial charge < -0.3 is 9.53 Å². The van der Waals surface area contributed by atoms with Crippen LogP contribution < -0.4 is 4.74 Å². The number of thiophene rings is 1. The maximum atomic E-state index is 11.0. The van der Waals surface area contributed by atoms with Crippen molar-refractivity contribution in [2.45, 2.75) is 33.3 Å². The van der Waals surface area contributed by atoms with E-state index in [1.54, 1.807) is 11.3 Å². The summed E-state index contributed by atoms with van der Waals surface area (Å²) in [6.45, 7) is 6.42. The normalized spacial score (nSPS) is 12.3. The summed E-state index contributed by atoms with van der Waals surface area (Å²) in [5.41, 5.74) is 4.20. The predicted molar refractivity (Wildman–Crippen MR) is 94.3 cm³/mol. The van der Waals surface area contributed by atoms with E-state index in [9.17, 15) is 4.79 Å². The van der Waals surface area contributed by atoms with Gasteiger partial charge in [0.15, 0.2) is 0 Å². The van der Waals surface area contributed by atoms with Crippen molar-refractivity contribution in [2.24, 2.45) is 0 Å². The molecule has 23 heavy (non-hydrogen) atoms. The fourth-order valence-electron chi connectivity index (χ4n) is 2.57. The number of carbonyl (C=O) groups is 1. The van der Waals surface area contributed by atoms with Crippen molar-refractivity contribution in [3.05, 3.63) is 58.2 Å². The molecule has 0 bridgehead atoms. The zero-order valence-corrected chi connectivity index (χ0v) is 14.3. The number of aldehydes is 1. The van der Waals surface area contributed by atoms with E-state index in [4.69, 9.17) is 4.74 Å². The Morgan fingerprint density at radius 1 is 1.26 bits per heavy atom. The molecule has 2 heterocycles. The third-order valence-corrected chi connectivity index (χ3v) is 4.96. The van der Waals surface area contributed by atoms with Crippen molar-refractivity contribution in [3.63, 3.8) is 0 Å². The number of hydrogen-bond donors (Lipinski definition) is 0. The number of ether oxygens (including phenoxy) is 1. The lowest BCUT2D eigenvalue weighted by Crippen LogP contribution is -2.00. The Kier molecular flexibility index (Phi) is 4.44. The van der Waals surface area contributed by atoms with Gasteiger partial charge in [0.05, 0.1) is 0 Å². The predicted octanol–water partition coefficient (Wildman–Crippen LogP) is 4.79. The molecule has 3 rings (SSSR count). The van der Waals surface area contributed by atoms with Crippen molar-refractivity contribution in [1.82, 2.24) is 4.98 Å². The van der Waals surface area contributed by atoms with E-state index in [0.717, 1.165) is 44.6 Å². The summed E-state index contributed by atoms with van der Waals surface area (Å²) in [5.74, 6) is 0.765. The van der Waals surface area contributed by atoms with Gasteiger partial charge in [-0.05, 0) is 54.4 Å². The van der Waals surface area contributed by atoms with Crippen molar-refractivity contribution in [1.29, 1.82) is 0 Å². The van der Waals surface area contributed by atoms with Crippen LogP contribution >= 0.6 is 11.3 Å². The molecule has 1 atom stereocenters. The number of hydrogen-bond acceptors (Lipinski definition) is 4. The molecule has 0 saturated heterocycles. The highest BCUT2D eigenvalue weighted by Crippen LogP contribution is 2.33.